The van der Waals surface area contributed by atoms with E-state index in [4.69, 9.17) is 4.74 Å². The van der Waals surface area contributed by atoms with Crippen LogP contribution >= 0.6 is 0 Å². The summed E-state index contributed by atoms with van der Waals surface area (Å²) in [6.07, 6.45) is 2.24. The first-order chi connectivity index (χ1) is 8.35. The Labute approximate surface area is 111 Å². The van der Waals surface area contributed by atoms with Crippen molar-refractivity contribution in [1.29, 1.82) is 0 Å². The van der Waals surface area contributed by atoms with Gasteiger partial charge >= 0.3 is 6.09 Å². The molecule has 106 valence electrons. The van der Waals surface area contributed by atoms with Crippen LogP contribution in [0, 0.1) is 5.92 Å². The van der Waals surface area contributed by atoms with Crippen LogP contribution in [0.2, 0.25) is 0 Å². The molecule has 1 rings (SSSR count). The maximum Gasteiger partial charge on any atom is 0.410 e. The van der Waals surface area contributed by atoms with Crippen molar-refractivity contribution in [3.63, 3.8) is 0 Å². The molecule has 1 fully saturated rings. The van der Waals surface area contributed by atoms with Gasteiger partial charge in [0.1, 0.15) is 5.60 Å². The predicted molar refractivity (Wildman–Crippen MR) is 73.7 cm³/mol. The maximum atomic E-state index is 11.7. The molecule has 1 saturated heterocycles. The summed E-state index contributed by atoms with van der Waals surface area (Å²) in [4.78, 5) is 13.5. The number of hydrogen-bond acceptors (Lipinski definition) is 3. The molecule has 0 aromatic heterocycles. The Morgan fingerprint density at radius 3 is 2.33 bits per heavy atom. The van der Waals surface area contributed by atoms with Gasteiger partial charge in [-0.1, -0.05) is 26.7 Å². The van der Waals surface area contributed by atoms with Crippen LogP contribution in [0.25, 0.3) is 0 Å². The minimum atomic E-state index is -0.398. The van der Waals surface area contributed by atoms with Crippen LogP contribution in [-0.2, 0) is 4.74 Å². The van der Waals surface area contributed by atoms with Crippen LogP contribution in [0.3, 0.4) is 0 Å². The highest BCUT2D eigenvalue weighted by Gasteiger charge is 2.33. The molecule has 0 unspecified atom stereocenters. The highest BCUT2D eigenvalue weighted by molar-refractivity contribution is 5.69. The molecular formula is C14H28N2O2. The van der Waals surface area contributed by atoms with Gasteiger partial charge < -0.3 is 15.0 Å². The summed E-state index contributed by atoms with van der Waals surface area (Å²) >= 11 is 0. The SMILES string of the molecule is CCC(CC)CNC1CN(C(=O)OC(C)(C)C)C1. The molecule has 1 aliphatic rings. The minimum absolute atomic E-state index is 0.192. The summed E-state index contributed by atoms with van der Waals surface area (Å²) in [6.45, 7) is 12.7. The van der Waals surface area contributed by atoms with Crippen molar-refractivity contribution >= 4 is 6.09 Å². The summed E-state index contributed by atoms with van der Waals surface area (Å²) in [7, 11) is 0. The Hall–Kier alpha value is -0.770. The Kier molecular flexibility index (Phi) is 5.45. The highest BCUT2D eigenvalue weighted by atomic mass is 16.6. The van der Waals surface area contributed by atoms with E-state index < -0.39 is 5.60 Å². The van der Waals surface area contributed by atoms with Crippen molar-refractivity contribution in [2.45, 2.75) is 59.1 Å². The van der Waals surface area contributed by atoms with Crippen molar-refractivity contribution < 1.29 is 9.53 Å². The number of ether oxygens (including phenoxy) is 1. The van der Waals surface area contributed by atoms with Gasteiger partial charge in [-0.15, -0.1) is 0 Å². The summed E-state index contributed by atoms with van der Waals surface area (Å²) in [5.74, 6) is 0.751. The van der Waals surface area contributed by atoms with E-state index in [2.05, 4.69) is 19.2 Å². The lowest BCUT2D eigenvalue weighted by Gasteiger charge is -2.40. The van der Waals surface area contributed by atoms with Crippen molar-refractivity contribution in [3.05, 3.63) is 0 Å². The van der Waals surface area contributed by atoms with Crippen LogP contribution < -0.4 is 5.32 Å². The first-order valence-electron chi connectivity index (χ1n) is 7.07. The average molecular weight is 256 g/mol. The number of rotatable bonds is 5. The lowest BCUT2D eigenvalue weighted by Crippen LogP contribution is -2.61. The number of likely N-dealkylation sites (tertiary alicyclic amines) is 1. The third kappa shape index (κ3) is 4.84. The average Bonchev–Trinajstić information content (AvgIpc) is 2.18. The first-order valence-corrected chi connectivity index (χ1v) is 7.07. The topological polar surface area (TPSA) is 41.6 Å². The fourth-order valence-corrected chi connectivity index (χ4v) is 1.99. The van der Waals surface area contributed by atoms with Crippen molar-refractivity contribution in [1.82, 2.24) is 10.2 Å². The van der Waals surface area contributed by atoms with Crippen LogP contribution in [-0.4, -0.2) is 42.3 Å². The zero-order valence-electron chi connectivity index (χ0n) is 12.5. The Morgan fingerprint density at radius 2 is 1.89 bits per heavy atom. The molecule has 1 heterocycles. The second-order valence-electron chi connectivity index (χ2n) is 6.17. The fraction of sp³-hybridized carbons (Fsp3) is 0.929. The van der Waals surface area contributed by atoms with Gasteiger partial charge in [-0.2, -0.15) is 0 Å². The van der Waals surface area contributed by atoms with Crippen LogP contribution in [0.1, 0.15) is 47.5 Å². The Morgan fingerprint density at radius 1 is 1.33 bits per heavy atom. The zero-order chi connectivity index (χ0) is 13.8. The van der Waals surface area contributed by atoms with E-state index in [9.17, 15) is 4.79 Å². The highest BCUT2D eigenvalue weighted by Crippen LogP contribution is 2.15. The van der Waals surface area contributed by atoms with E-state index in [0.29, 0.717) is 6.04 Å². The Bertz CT molecular complexity index is 263. The molecule has 0 spiro atoms. The molecule has 0 aromatic carbocycles. The van der Waals surface area contributed by atoms with Gasteiger partial charge in [0.05, 0.1) is 0 Å². The van der Waals surface area contributed by atoms with Gasteiger partial charge in [0, 0.05) is 19.1 Å². The number of nitrogens with zero attached hydrogens (tertiary/aromatic N) is 1. The quantitative estimate of drug-likeness (QED) is 0.822. The lowest BCUT2D eigenvalue weighted by molar-refractivity contribution is 0.00498. The number of hydrogen-bond donors (Lipinski definition) is 1. The molecule has 0 atom stereocenters. The summed E-state index contributed by atoms with van der Waals surface area (Å²) in [5.41, 5.74) is -0.398. The first kappa shape index (κ1) is 15.3. The number of amides is 1. The largest absolute Gasteiger partial charge is 0.444 e. The second kappa shape index (κ2) is 6.41. The van der Waals surface area contributed by atoms with Crippen LogP contribution in [0.4, 0.5) is 4.79 Å². The second-order valence-corrected chi connectivity index (χ2v) is 6.17. The van der Waals surface area contributed by atoms with Gasteiger partial charge in [0.2, 0.25) is 0 Å². The van der Waals surface area contributed by atoms with Crippen LogP contribution in [0.15, 0.2) is 0 Å². The third-order valence-corrected chi connectivity index (χ3v) is 3.38. The standard InChI is InChI=1S/C14H28N2O2/c1-6-11(7-2)8-15-12-9-16(10-12)13(17)18-14(3,4)5/h11-12,15H,6-10H2,1-5H3. The van der Waals surface area contributed by atoms with E-state index >= 15 is 0 Å². The molecule has 18 heavy (non-hydrogen) atoms. The summed E-state index contributed by atoms with van der Waals surface area (Å²) in [5, 5.41) is 3.52. The van der Waals surface area contributed by atoms with Crippen molar-refractivity contribution in [2.24, 2.45) is 5.92 Å². The smallest absolute Gasteiger partial charge is 0.410 e. The van der Waals surface area contributed by atoms with Gasteiger partial charge in [0.15, 0.2) is 0 Å². The molecular weight excluding hydrogens is 228 g/mol. The molecule has 1 aliphatic heterocycles. The van der Waals surface area contributed by atoms with Gasteiger partial charge in [-0.3, -0.25) is 0 Å². The molecule has 4 heteroatoms. The molecule has 1 N–H and O–H groups in total. The molecule has 0 bridgehead atoms. The molecule has 0 saturated carbocycles. The molecule has 4 nitrogen and oxygen atoms in total. The van der Waals surface area contributed by atoms with Gasteiger partial charge in [-0.25, -0.2) is 4.79 Å². The normalized spacial score (nSPS) is 16.9. The maximum absolute atomic E-state index is 11.7. The van der Waals surface area contributed by atoms with E-state index in [0.717, 1.165) is 25.6 Å². The van der Waals surface area contributed by atoms with Gasteiger partial charge in [0.25, 0.3) is 0 Å². The summed E-state index contributed by atoms with van der Waals surface area (Å²) in [6, 6.07) is 0.443. The molecule has 0 aromatic rings. The molecule has 1 amide bonds. The van der Waals surface area contributed by atoms with E-state index in [1.165, 1.54) is 12.8 Å². The number of carbonyl (C=O) groups excluding carboxylic acids is 1. The Balaban J connectivity index is 2.18. The lowest BCUT2D eigenvalue weighted by atomic mass is 10.0. The number of nitrogens with one attached hydrogen (secondary N) is 1. The van der Waals surface area contributed by atoms with Crippen LogP contribution in [0.5, 0.6) is 0 Å². The fourth-order valence-electron chi connectivity index (χ4n) is 1.99. The van der Waals surface area contributed by atoms with E-state index in [1.54, 1.807) is 4.90 Å². The van der Waals surface area contributed by atoms with Gasteiger partial charge in [-0.05, 0) is 33.2 Å². The van der Waals surface area contributed by atoms with E-state index in [-0.39, 0.29) is 6.09 Å². The minimum Gasteiger partial charge on any atom is -0.444 e. The number of carbonyl (C=O) groups is 1. The van der Waals surface area contributed by atoms with E-state index in [1.807, 2.05) is 20.8 Å². The molecule has 0 aliphatic carbocycles. The molecule has 0 radical (unpaired) electrons. The summed E-state index contributed by atoms with van der Waals surface area (Å²) < 4.78 is 5.32. The van der Waals surface area contributed by atoms with Crippen molar-refractivity contribution in [3.8, 4) is 0 Å². The monoisotopic (exact) mass is 256 g/mol. The third-order valence-electron chi connectivity index (χ3n) is 3.38. The zero-order valence-corrected chi connectivity index (χ0v) is 12.5. The predicted octanol–water partition coefficient (Wildman–Crippen LogP) is 2.63. The van der Waals surface area contributed by atoms with Crippen molar-refractivity contribution in [2.75, 3.05) is 19.6 Å².